The van der Waals surface area contributed by atoms with Gasteiger partial charge in [0.2, 0.25) is 11.5 Å². The topological polar surface area (TPSA) is 121 Å². The third-order valence-corrected chi connectivity index (χ3v) is 2.30. The number of phenols is 6. The Morgan fingerprint density at radius 1 is 0.500 bits per heavy atom. The van der Waals surface area contributed by atoms with Gasteiger partial charge in [0.15, 0.2) is 23.0 Å². The summed E-state index contributed by atoms with van der Waals surface area (Å²) < 4.78 is 0. The van der Waals surface area contributed by atoms with Crippen molar-refractivity contribution in [3.63, 3.8) is 0 Å². The standard InChI is InChI=1S/C10H8O6/c11-5-1-3-4(8(14)9(5)15)2-6(12)10(16)7(3)13/h1-2,11-16H. The molecule has 0 atom stereocenters. The van der Waals surface area contributed by atoms with Crippen LogP contribution in [0.2, 0.25) is 0 Å². The van der Waals surface area contributed by atoms with Gasteiger partial charge in [-0.25, -0.2) is 0 Å². The molecule has 0 aliphatic heterocycles. The van der Waals surface area contributed by atoms with Crippen molar-refractivity contribution >= 4 is 10.8 Å². The van der Waals surface area contributed by atoms with Crippen molar-refractivity contribution in [1.82, 2.24) is 0 Å². The zero-order chi connectivity index (χ0) is 12.0. The predicted octanol–water partition coefficient (Wildman–Crippen LogP) is 1.07. The first-order valence-electron chi connectivity index (χ1n) is 4.25. The fourth-order valence-corrected chi connectivity index (χ4v) is 1.46. The summed E-state index contributed by atoms with van der Waals surface area (Å²) in [6.07, 6.45) is 0. The number of phenolic OH excluding ortho intramolecular Hbond substituents is 6. The van der Waals surface area contributed by atoms with E-state index in [9.17, 15) is 30.6 Å². The fraction of sp³-hybridized carbons (Fsp3) is 0. The predicted molar refractivity (Wildman–Crippen MR) is 53.9 cm³/mol. The van der Waals surface area contributed by atoms with E-state index in [-0.39, 0.29) is 10.8 Å². The maximum absolute atomic E-state index is 9.46. The summed E-state index contributed by atoms with van der Waals surface area (Å²) in [5, 5.41) is 55.6. The molecule has 84 valence electrons. The van der Waals surface area contributed by atoms with E-state index in [4.69, 9.17) is 0 Å². The van der Waals surface area contributed by atoms with Gasteiger partial charge in [0.1, 0.15) is 0 Å². The molecule has 0 bridgehead atoms. The second-order valence-electron chi connectivity index (χ2n) is 3.28. The van der Waals surface area contributed by atoms with Crippen LogP contribution >= 0.6 is 0 Å². The first-order chi connectivity index (χ1) is 7.43. The average Bonchev–Trinajstić information content (AvgIpc) is 2.25. The number of hydrogen-bond acceptors (Lipinski definition) is 6. The minimum Gasteiger partial charge on any atom is -0.504 e. The minimum atomic E-state index is -0.767. The molecule has 0 aromatic heterocycles. The van der Waals surface area contributed by atoms with Gasteiger partial charge >= 0.3 is 0 Å². The highest BCUT2D eigenvalue weighted by atomic mass is 16.3. The Bertz CT molecular complexity index is 537. The van der Waals surface area contributed by atoms with Crippen molar-refractivity contribution in [3.8, 4) is 34.5 Å². The summed E-state index contributed by atoms with van der Waals surface area (Å²) in [4.78, 5) is 0. The van der Waals surface area contributed by atoms with Crippen LogP contribution in [0.3, 0.4) is 0 Å². The Labute approximate surface area is 88.9 Å². The third-order valence-electron chi connectivity index (χ3n) is 2.30. The number of fused-ring (bicyclic) bond motifs is 1. The Balaban J connectivity index is 3.02. The summed E-state index contributed by atoms with van der Waals surface area (Å²) in [6.45, 7) is 0. The highest BCUT2D eigenvalue weighted by Gasteiger charge is 2.18. The van der Waals surface area contributed by atoms with Gasteiger partial charge in [-0.1, -0.05) is 0 Å². The zero-order valence-electron chi connectivity index (χ0n) is 7.84. The third kappa shape index (κ3) is 1.13. The first kappa shape index (κ1) is 10.0. The highest BCUT2D eigenvalue weighted by molar-refractivity contribution is 5.99. The number of aromatic hydroxyl groups is 6. The molecule has 2 rings (SSSR count). The van der Waals surface area contributed by atoms with Crippen molar-refractivity contribution in [3.05, 3.63) is 12.1 Å². The number of benzene rings is 2. The van der Waals surface area contributed by atoms with Crippen LogP contribution in [-0.4, -0.2) is 30.6 Å². The molecule has 0 aliphatic carbocycles. The number of rotatable bonds is 0. The first-order valence-corrected chi connectivity index (χ1v) is 4.25. The fourth-order valence-electron chi connectivity index (χ4n) is 1.46. The van der Waals surface area contributed by atoms with E-state index in [1.54, 1.807) is 0 Å². The van der Waals surface area contributed by atoms with E-state index in [1.807, 2.05) is 0 Å². The molecule has 6 N–H and O–H groups in total. The average molecular weight is 224 g/mol. The lowest BCUT2D eigenvalue weighted by atomic mass is 10.1. The van der Waals surface area contributed by atoms with Gasteiger partial charge in [0.05, 0.1) is 0 Å². The van der Waals surface area contributed by atoms with Crippen LogP contribution < -0.4 is 0 Å². The molecule has 2 aromatic carbocycles. The largest absolute Gasteiger partial charge is 0.504 e. The SMILES string of the molecule is Oc1cc2c(O)c(O)c(O)cc2c(O)c1O. The van der Waals surface area contributed by atoms with E-state index in [0.29, 0.717) is 0 Å². The van der Waals surface area contributed by atoms with Crippen LogP contribution in [0, 0.1) is 0 Å². The molecule has 6 heteroatoms. The van der Waals surface area contributed by atoms with Crippen molar-refractivity contribution in [1.29, 1.82) is 0 Å². The van der Waals surface area contributed by atoms with Crippen LogP contribution in [0.4, 0.5) is 0 Å². The lowest BCUT2D eigenvalue weighted by Crippen LogP contribution is -1.80. The molecular weight excluding hydrogens is 216 g/mol. The molecule has 0 spiro atoms. The van der Waals surface area contributed by atoms with Gasteiger partial charge in [-0.2, -0.15) is 0 Å². The van der Waals surface area contributed by atoms with Gasteiger partial charge in [0.25, 0.3) is 0 Å². The Kier molecular flexibility index (Phi) is 1.88. The maximum atomic E-state index is 9.46. The molecule has 0 fully saturated rings. The van der Waals surface area contributed by atoms with Crippen LogP contribution in [0.5, 0.6) is 34.5 Å². The van der Waals surface area contributed by atoms with E-state index in [0.717, 1.165) is 12.1 Å². The normalized spacial score (nSPS) is 10.8. The van der Waals surface area contributed by atoms with Crippen molar-refractivity contribution in [2.45, 2.75) is 0 Å². The quantitative estimate of drug-likeness (QED) is 0.372. The Hall–Kier alpha value is -2.50. The van der Waals surface area contributed by atoms with Gasteiger partial charge < -0.3 is 30.6 Å². The van der Waals surface area contributed by atoms with Crippen LogP contribution in [-0.2, 0) is 0 Å². The Morgan fingerprint density at radius 2 is 0.812 bits per heavy atom. The molecule has 0 unspecified atom stereocenters. The van der Waals surface area contributed by atoms with E-state index >= 15 is 0 Å². The molecule has 16 heavy (non-hydrogen) atoms. The molecule has 0 aliphatic rings. The van der Waals surface area contributed by atoms with Gasteiger partial charge in [-0.3, -0.25) is 0 Å². The smallest absolute Gasteiger partial charge is 0.200 e. The van der Waals surface area contributed by atoms with E-state index in [2.05, 4.69) is 0 Å². The van der Waals surface area contributed by atoms with E-state index < -0.39 is 34.5 Å². The Morgan fingerprint density at radius 3 is 1.12 bits per heavy atom. The van der Waals surface area contributed by atoms with E-state index in [1.165, 1.54) is 0 Å². The molecule has 0 saturated heterocycles. The lowest BCUT2D eigenvalue weighted by molar-refractivity contribution is 0.364. The summed E-state index contributed by atoms with van der Waals surface area (Å²) in [6, 6.07) is 1.91. The monoisotopic (exact) mass is 224 g/mol. The van der Waals surface area contributed by atoms with Gasteiger partial charge in [0, 0.05) is 10.8 Å². The molecule has 0 radical (unpaired) electrons. The second-order valence-corrected chi connectivity index (χ2v) is 3.28. The molecular formula is C10H8O6. The summed E-state index contributed by atoms with van der Waals surface area (Å²) in [5.41, 5.74) is 0. The molecule has 6 nitrogen and oxygen atoms in total. The van der Waals surface area contributed by atoms with Crippen molar-refractivity contribution in [2.24, 2.45) is 0 Å². The van der Waals surface area contributed by atoms with Crippen LogP contribution in [0.15, 0.2) is 12.1 Å². The van der Waals surface area contributed by atoms with Gasteiger partial charge in [-0.15, -0.1) is 0 Å². The van der Waals surface area contributed by atoms with Crippen LogP contribution in [0.25, 0.3) is 10.8 Å². The van der Waals surface area contributed by atoms with Crippen LogP contribution in [0.1, 0.15) is 0 Å². The number of hydrogen-bond donors (Lipinski definition) is 6. The minimum absolute atomic E-state index is 0.0944. The molecule has 0 saturated carbocycles. The maximum Gasteiger partial charge on any atom is 0.200 e. The van der Waals surface area contributed by atoms with Crippen molar-refractivity contribution in [2.75, 3.05) is 0 Å². The summed E-state index contributed by atoms with van der Waals surface area (Å²) in [5.74, 6) is -4.22. The highest BCUT2D eigenvalue weighted by Crippen LogP contribution is 2.49. The summed E-state index contributed by atoms with van der Waals surface area (Å²) in [7, 11) is 0. The lowest BCUT2D eigenvalue weighted by Gasteiger charge is -2.09. The zero-order valence-corrected chi connectivity index (χ0v) is 7.84. The molecule has 0 amide bonds. The molecule has 0 heterocycles. The summed E-state index contributed by atoms with van der Waals surface area (Å²) >= 11 is 0. The van der Waals surface area contributed by atoms with Gasteiger partial charge in [-0.05, 0) is 12.1 Å². The molecule has 2 aromatic rings. The van der Waals surface area contributed by atoms with Crippen molar-refractivity contribution < 1.29 is 30.6 Å². The second kappa shape index (κ2) is 2.99.